The first-order valence-electron chi connectivity index (χ1n) is 7.64. The van der Waals surface area contributed by atoms with E-state index in [1.54, 1.807) is 0 Å². The van der Waals surface area contributed by atoms with Gasteiger partial charge in [-0.25, -0.2) is 0 Å². The number of piperazine rings is 1. The van der Waals surface area contributed by atoms with Gasteiger partial charge in [0.2, 0.25) is 0 Å². The molecule has 1 saturated heterocycles. The lowest BCUT2D eigenvalue weighted by atomic mass is 9.95. The van der Waals surface area contributed by atoms with Crippen molar-refractivity contribution >= 4 is 0 Å². The van der Waals surface area contributed by atoms with E-state index in [-0.39, 0.29) is 5.54 Å². The number of unbranched alkanes of at least 4 members (excludes halogenated alkanes) is 1. The molecule has 0 saturated carbocycles. The fourth-order valence-corrected chi connectivity index (χ4v) is 2.93. The summed E-state index contributed by atoms with van der Waals surface area (Å²) in [7, 11) is 0. The number of rotatable bonds is 5. The van der Waals surface area contributed by atoms with Gasteiger partial charge in [-0.3, -0.25) is 4.90 Å². The summed E-state index contributed by atoms with van der Waals surface area (Å²) in [5.41, 5.74) is 1.71. The SMILES string of the molecule is CCCCN1CC(C)(C)NCC1Cc1ccccc1. The Morgan fingerprint density at radius 3 is 2.68 bits per heavy atom. The molecule has 0 aromatic heterocycles. The van der Waals surface area contributed by atoms with Crippen molar-refractivity contribution in [1.82, 2.24) is 10.2 Å². The number of nitrogens with zero attached hydrogens (tertiary/aromatic N) is 1. The highest BCUT2D eigenvalue weighted by Gasteiger charge is 2.31. The van der Waals surface area contributed by atoms with Gasteiger partial charge in [0.05, 0.1) is 0 Å². The minimum Gasteiger partial charge on any atom is -0.309 e. The smallest absolute Gasteiger partial charge is 0.0261 e. The minimum atomic E-state index is 0.251. The first-order valence-corrected chi connectivity index (χ1v) is 7.64. The quantitative estimate of drug-likeness (QED) is 0.875. The van der Waals surface area contributed by atoms with Crippen LogP contribution in [0.15, 0.2) is 30.3 Å². The summed E-state index contributed by atoms with van der Waals surface area (Å²) >= 11 is 0. The van der Waals surface area contributed by atoms with Crippen molar-refractivity contribution in [2.75, 3.05) is 19.6 Å². The third kappa shape index (κ3) is 4.32. The number of hydrogen-bond acceptors (Lipinski definition) is 2. The van der Waals surface area contributed by atoms with Gasteiger partial charge in [-0.2, -0.15) is 0 Å². The van der Waals surface area contributed by atoms with Gasteiger partial charge in [-0.1, -0.05) is 43.7 Å². The fraction of sp³-hybridized carbons (Fsp3) is 0.647. The van der Waals surface area contributed by atoms with E-state index in [4.69, 9.17) is 0 Å². The Morgan fingerprint density at radius 2 is 2.00 bits per heavy atom. The Hall–Kier alpha value is -0.860. The lowest BCUT2D eigenvalue weighted by Crippen LogP contribution is -2.62. The molecule has 0 spiro atoms. The molecule has 106 valence electrons. The van der Waals surface area contributed by atoms with Crippen LogP contribution < -0.4 is 5.32 Å². The second-order valence-corrected chi connectivity index (χ2v) is 6.43. The van der Waals surface area contributed by atoms with Gasteiger partial charge < -0.3 is 5.32 Å². The van der Waals surface area contributed by atoms with Crippen molar-refractivity contribution in [3.63, 3.8) is 0 Å². The molecule has 0 aliphatic carbocycles. The van der Waals surface area contributed by atoms with Crippen LogP contribution in [-0.4, -0.2) is 36.1 Å². The van der Waals surface area contributed by atoms with Gasteiger partial charge in [0.1, 0.15) is 0 Å². The fourth-order valence-electron chi connectivity index (χ4n) is 2.93. The first-order chi connectivity index (χ1) is 9.11. The Kier molecular flexibility index (Phi) is 5.00. The molecule has 2 nitrogen and oxygen atoms in total. The molecular formula is C17H28N2. The van der Waals surface area contributed by atoms with Gasteiger partial charge in [0.25, 0.3) is 0 Å². The maximum Gasteiger partial charge on any atom is 0.0261 e. The number of benzene rings is 1. The summed E-state index contributed by atoms with van der Waals surface area (Å²) in [6, 6.07) is 11.5. The Bertz CT molecular complexity index is 372. The average Bonchev–Trinajstić information content (AvgIpc) is 2.40. The van der Waals surface area contributed by atoms with Gasteiger partial charge >= 0.3 is 0 Å². The minimum absolute atomic E-state index is 0.251. The summed E-state index contributed by atoms with van der Waals surface area (Å²) < 4.78 is 0. The molecule has 1 heterocycles. The van der Waals surface area contributed by atoms with Crippen LogP contribution in [0.2, 0.25) is 0 Å². The molecule has 1 unspecified atom stereocenters. The molecule has 1 aromatic carbocycles. The molecule has 1 atom stereocenters. The first kappa shape index (κ1) is 14.5. The highest BCUT2D eigenvalue weighted by atomic mass is 15.2. The van der Waals surface area contributed by atoms with Gasteiger partial charge in [-0.05, 0) is 38.8 Å². The van der Waals surface area contributed by atoms with Crippen LogP contribution in [0, 0.1) is 0 Å². The van der Waals surface area contributed by atoms with E-state index < -0.39 is 0 Å². The molecule has 0 radical (unpaired) electrons. The monoisotopic (exact) mass is 260 g/mol. The molecule has 1 aromatic rings. The summed E-state index contributed by atoms with van der Waals surface area (Å²) in [4.78, 5) is 2.69. The molecule has 2 rings (SSSR count). The van der Waals surface area contributed by atoms with Crippen molar-refractivity contribution in [3.05, 3.63) is 35.9 Å². The molecule has 2 heteroatoms. The van der Waals surface area contributed by atoms with Gasteiger partial charge in [0.15, 0.2) is 0 Å². The normalized spacial score (nSPS) is 23.4. The predicted molar refractivity (Wildman–Crippen MR) is 82.5 cm³/mol. The highest BCUT2D eigenvalue weighted by Crippen LogP contribution is 2.19. The maximum absolute atomic E-state index is 3.69. The second kappa shape index (κ2) is 6.53. The second-order valence-electron chi connectivity index (χ2n) is 6.43. The third-order valence-electron chi connectivity index (χ3n) is 4.04. The van der Waals surface area contributed by atoms with E-state index in [0.29, 0.717) is 6.04 Å². The number of nitrogens with one attached hydrogen (secondary N) is 1. The lowest BCUT2D eigenvalue weighted by Gasteiger charge is -2.45. The molecule has 19 heavy (non-hydrogen) atoms. The van der Waals surface area contributed by atoms with Crippen molar-refractivity contribution in [3.8, 4) is 0 Å². The Balaban J connectivity index is 2.00. The van der Waals surface area contributed by atoms with Crippen LogP contribution in [0.3, 0.4) is 0 Å². The van der Waals surface area contributed by atoms with Crippen LogP contribution in [0.1, 0.15) is 39.2 Å². The van der Waals surface area contributed by atoms with E-state index in [1.807, 2.05) is 0 Å². The van der Waals surface area contributed by atoms with E-state index in [2.05, 4.69) is 61.3 Å². The molecule has 1 fully saturated rings. The molecule has 1 N–H and O–H groups in total. The van der Waals surface area contributed by atoms with Gasteiger partial charge in [0, 0.05) is 24.7 Å². The van der Waals surface area contributed by atoms with Gasteiger partial charge in [-0.15, -0.1) is 0 Å². The Labute approximate surface area is 118 Å². The van der Waals surface area contributed by atoms with E-state index >= 15 is 0 Å². The standard InChI is InChI=1S/C17H28N2/c1-4-5-11-19-14-17(2,3)18-13-16(19)12-15-9-7-6-8-10-15/h6-10,16,18H,4-5,11-14H2,1-3H3. The van der Waals surface area contributed by atoms with Crippen molar-refractivity contribution in [2.24, 2.45) is 0 Å². The molecule has 1 aliphatic heterocycles. The zero-order valence-electron chi connectivity index (χ0n) is 12.7. The third-order valence-corrected chi connectivity index (χ3v) is 4.04. The summed E-state index contributed by atoms with van der Waals surface area (Å²) in [6.45, 7) is 10.4. The maximum atomic E-state index is 3.69. The summed E-state index contributed by atoms with van der Waals surface area (Å²) in [5.74, 6) is 0. The van der Waals surface area contributed by atoms with Crippen molar-refractivity contribution in [1.29, 1.82) is 0 Å². The highest BCUT2D eigenvalue weighted by molar-refractivity contribution is 5.16. The number of hydrogen-bond donors (Lipinski definition) is 1. The molecule has 0 bridgehead atoms. The van der Waals surface area contributed by atoms with Crippen molar-refractivity contribution < 1.29 is 0 Å². The largest absolute Gasteiger partial charge is 0.309 e. The molecular weight excluding hydrogens is 232 g/mol. The van der Waals surface area contributed by atoms with Crippen molar-refractivity contribution in [2.45, 2.75) is 51.6 Å². The van der Waals surface area contributed by atoms with Crippen LogP contribution in [0.4, 0.5) is 0 Å². The predicted octanol–water partition coefficient (Wildman–Crippen LogP) is 3.08. The molecule has 1 aliphatic rings. The van der Waals surface area contributed by atoms with Crippen LogP contribution in [0.25, 0.3) is 0 Å². The topological polar surface area (TPSA) is 15.3 Å². The molecule has 0 amide bonds. The van der Waals surface area contributed by atoms with E-state index in [9.17, 15) is 0 Å². The zero-order chi connectivity index (χ0) is 13.7. The van der Waals surface area contributed by atoms with Crippen LogP contribution in [0.5, 0.6) is 0 Å². The Morgan fingerprint density at radius 1 is 1.26 bits per heavy atom. The summed E-state index contributed by atoms with van der Waals surface area (Å²) in [5, 5.41) is 3.69. The zero-order valence-corrected chi connectivity index (χ0v) is 12.7. The van der Waals surface area contributed by atoms with E-state index in [0.717, 1.165) is 19.5 Å². The lowest BCUT2D eigenvalue weighted by molar-refractivity contribution is 0.0936. The van der Waals surface area contributed by atoms with Crippen LogP contribution >= 0.6 is 0 Å². The van der Waals surface area contributed by atoms with E-state index in [1.165, 1.54) is 24.9 Å². The average molecular weight is 260 g/mol. The van der Waals surface area contributed by atoms with Crippen LogP contribution in [-0.2, 0) is 6.42 Å². The summed E-state index contributed by atoms with van der Waals surface area (Å²) in [6.07, 6.45) is 3.75.